The third-order valence-electron chi connectivity index (χ3n) is 2.84. The lowest BCUT2D eigenvalue weighted by Crippen LogP contribution is -2.41. The minimum absolute atomic E-state index is 0.162. The van der Waals surface area contributed by atoms with Crippen molar-refractivity contribution in [2.45, 2.75) is 38.6 Å². The first-order valence-corrected chi connectivity index (χ1v) is 5.52. The molecule has 0 aliphatic heterocycles. The summed E-state index contributed by atoms with van der Waals surface area (Å²) in [5.74, 6) is 1.01. The van der Waals surface area contributed by atoms with E-state index in [-0.39, 0.29) is 5.91 Å². The number of hydrogen-bond donors (Lipinski definition) is 1. The van der Waals surface area contributed by atoms with Crippen LogP contribution in [0.3, 0.4) is 0 Å². The van der Waals surface area contributed by atoms with Gasteiger partial charge in [-0.15, -0.1) is 0 Å². The van der Waals surface area contributed by atoms with Gasteiger partial charge in [-0.3, -0.25) is 4.79 Å². The third-order valence-corrected chi connectivity index (χ3v) is 2.84. The first-order valence-electron chi connectivity index (χ1n) is 5.52. The second kappa shape index (κ2) is 5.35. The number of likely N-dealkylation sites (N-methyl/N-ethyl adjacent to an activating group) is 1. The van der Waals surface area contributed by atoms with Crippen molar-refractivity contribution in [3.8, 4) is 0 Å². The number of rotatable bonds is 3. The van der Waals surface area contributed by atoms with Crippen LogP contribution in [-0.4, -0.2) is 37.5 Å². The van der Waals surface area contributed by atoms with E-state index in [1.165, 1.54) is 12.8 Å². The summed E-state index contributed by atoms with van der Waals surface area (Å²) in [5, 5.41) is 3.09. The van der Waals surface area contributed by atoms with Crippen LogP contribution in [0.5, 0.6) is 0 Å². The summed E-state index contributed by atoms with van der Waals surface area (Å²) in [4.78, 5) is 13.4. The zero-order valence-corrected chi connectivity index (χ0v) is 9.55. The molecular weight excluding hydrogens is 176 g/mol. The first kappa shape index (κ1) is 11.5. The number of carbonyl (C=O) groups excluding carboxylic acids is 1. The topological polar surface area (TPSA) is 32.3 Å². The Hall–Kier alpha value is -0.570. The average molecular weight is 198 g/mol. The number of nitrogens with zero attached hydrogens (tertiary/aromatic N) is 1. The smallest absolute Gasteiger partial charge is 0.234 e. The summed E-state index contributed by atoms with van der Waals surface area (Å²) in [7, 11) is 3.84. The molecule has 0 bridgehead atoms. The van der Waals surface area contributed by atoms with Crippen molar-refractivity contribution in [2.24, 2.45) is 5.92 Å². The predicted octanol–water partition coefficient (Wildman–Crippen LogP) is 1.24. The molecule has 1 N–H and O–H groups in total. The average Bonchev–Trinajstić information content (AvgIpc) is 2.07. The molecule has 0 aromatic rings. The minimum Gasteiger partial charge on any atom is -0.352 e. The lowest BCUT2D eigenvalue weighted by atomic mass is 9.87. The van der Waals surface area contributed by atoms with Gasteiger partial charge in [0, 0.05) is 6.04 Å². The molecule has 1 amide bonds. The summed E-state index contributed by atoms with van der Waals surface area (Å²) >= 11 is 0. The minimum atomic E-state index is 0.162. The largest absolute Gasteiger partial charge is 0.352 e. The molecule has 1 aliphatic carbocycles. The molecule has 3 nitrogen and oxygen atoms in total. The Balaban J connectivity index is 2.20. The van der Waals surface area contributed by atoms with Crippen LogP contribution in [0, 0.1) is 5.92 Å². The van der Waals surface area contributed by atoms with E-state index < -0.39 is 0 Å². The third kappa shape index (κ3) is 4.09. The Morgan fingerprint density at radius 2 is 1.86 bits per heavy atom. The summed E-state index contributed by atoms with van der Waals surface area (Å²) in [6.07, 6.45) is 4.82. The highest BCUT2D eigenvalue weighted by atomic mass is 16.2. The molecule has 82 valence electrons. The van der Waals surface area contributed by atoms with Gasteiger partial charge in [0.15, 0.2) is 0 Å². The van der Waals surface area contributed by atoms with E-state index in [0.29, 0.717) is 12.6 Å². The van der Waals surface area contributed by atoms with E-state index in [0.717, 1.165) is 18.8 Å². The van der Waals surface area contributed by atoms with Crippen LogP contribution in [0.1, 0.15) is 32.6 Å². The molecule has 0 spiro atoms. The molecule has 1 aliphatic rings. The number of carbonyl (C=O) groups is 1. The highest BCUT2D eigenvalue weighted by Gasteiger charge is 2.19. The fraction of sp³-hybridized carbons (Fsp3) is 0.909. The zero-order chi connectivity index (χ0) is 10.6. The van der Waals surface area contributed by atoms with Crippen LogP contribution in [0.4, 0.5) is 0 Å². The number of amides is 1. The molecule has 0 heterocycles. The van der Waals surface area contributed by atoms with Crippen LogP contribution in [0.25, 0.3) is 0 Å². The van der Waals surface area contributed by atoms with Gasteiger partial charge in [-0.25, -0.2) is 0 Å². The second-order valence-electron chi connectivity index (χ2n) is 4.76. The second-order valence-corrected chi connectivity index (χ2v) is 4.76. The quantitative estimate of drug-likeness (QED) is 0.740. The van der Waals surface area contributed by atoms with E-state index in [2.05, 4.69) is 12.2 Å². The Morgan fingerprint density at radius 3 is 2.36 bits per heavy atom. The SMILES string of the molecule is CN(C)CC(=O)N[C@H]1CC[C@H](C)CC1. The molecule has 1 saturated carbocycles. The van der Waals surface area contributed by atoms with E-state index in [1.807, 2.05) is 19.0 Å². The maximum absolute atomic E-state index is 11.5. The van der Waals surface area contributed by atoms with Crippen molar-refractivity contribution in [1.29, 1.82) is 0 Å². The molecule has 0 aromatic heterocycles. The van der Waals surface area contributed by atoms with E-state index in [4.69, 9.17) is 0 Å². The Bertz CT molecular complexity index is 184. The van der Waals surface area contributed by atoms with E-state index >= 15 is 0 Å². The molecular formula is C11H22N2O. The van der Waals surface area contributed by atoms with Crippen molar-refractivity contribution in [3.05, 3.63) is 0 Å². The summed E-state index contributed by atoms with van der Waals surface area (Å²) in [5.41, 5.74) is 0. The lowest BCUT2D eigenvalue weighted by Gasteiger charge is -2.27. The maximum atomic E-state index is 11.5. The van der Waals surface area contributed by atoms with Crippen molar-refractivity contribution < 1.29 is 4.79 Å². The molecule has 0 unspecified atom stereocenters. The monoisotopic (exact) mass is 198 g/mol. The van der Waals surface area contributed by atoms with Crippen molar-refractivity contribution in [3.63, 3.8) is 0 Å². The molecule has 0 atom stereocenters. The van der Waals surface area contributed by atoms with Crippen LogP contribution in [0.2, 0.25) is 0 Å². The van der Waals surface area contributed by atoms with Crippen LogP contribution >= 0.6 is 0 Å². The van der Waals surface area contributed by atoms with Gasteiger partial charge in [-0.1, -0.05) is 6.92 Å². The van der Waals surface area contributed by atoms with Gasteiger partial charge in [-0.2, -0.15) is 0 Å². The fourth-order valence-corrected chi connectivity index (χ4v) is 1.96. The molecule has 1 rings (SSSR count). The normalized spacial score (nSPS) is 27.7. The standard InChI is InChI=1S/C11H22N2O/c1-9-4-6-10(7-5-9)12-11(14)8-13(2)3/h9-10H,4-8H2,1-3H3,(H,12,14)/t9-,10-. The van der Waals surface area contributed by atoms with Gasteiger partial charge in [0.2, 0.25) is 5.91 Å². The Kier molecular flexibility index (Phi) is 4.39. The van der Waals surface area contributed by atoms with Gasteiger partial charge in [-0.05, 0) is 45.7 Å². The maximum Gasteiger partial charge on any atom is 0.234 e. The zero-order valence-electron chi connectivity index (χ0n) is 9.55. The molecule has 0 aromatic carbocycles. The fourth-order valence-electron chi connectivity index (χ4n) is 1.96. The van der Waals surface area contributed by atoms with Gasteiger partial charge >= 0.3 is 0 Å². The first-order chi connectivity index (χ1) is 6.58. The lowest BCUT2D eigenvalue weighted by molar-refractivity contribution is -0.122. The summed E-state index contributed by atoms with van der Waals surface area (Å²) in [6, 6.07) is 0.429. The summed E-state index contributed by atoms with van der Waals surface area (Å²) in [6.45, 7) is 2.80. The van der Waals surface area contributed by atoms with Gasteiger partial charge in [0.1, 0.15) is 0 Å². The highest BCUT2D eigenvalue weighted by Crippen LogP contribution is 2.23. The molecule has 14 heavy (non-hydrogen) atoms. The predicted molar refractivity (Wildman–Crippen MR) is 58.1 cm³/mol. The molecule has 1 fully saturated rings. The Labute approximate surface area is 86.9 Å². The van der Waals surface area contributed by atoms with Crippen molar-refractivity contribution in [1.82, 2.24) is 10.2 Å². The van der Waals surface area contributed by atoms with Gasteiger partial charge in [0.05, 0.1) is 6.54 Å². The van der Waals surface area contributed by atoms with Gasteiger partial charge in [0.25, 0.3) is 0 Å². The van der Waals surface area contributed by atoms with Gasteiger partial charge < -0.3 is 10.2 Å². The van der Waals surface area contributed by atoms with E-state index in [9.17, 15) is 4.79 Å². The Morgan fingerprint density at radius 1 is 1.29 bits per heavy atom. The molecule has 0 saturated heterocycles. The molecule has 3 heteroatoms. The van der Waals surface area contributed by atoms with Crippen LogP contribution in [0.15, 0.2) is 0 Å². The van der Waals surface area contributed by atoms with Crippen molar-refractivity contribution in [2.75, 3.05) is 20.6 Å². The van der Waals surface area contributed by atoms with Crippen molar-refractivity contribution >= 4 is 5.91 Å². The van der Waals surface area contributed by atoms with Crippen LogP contribution in [-0.2, 0) is 4.79 Å². The number of hydrogen-bond acceptors (Lipinski definition) is 2. The molecule has 0 radical (unpaired) electrons. The summed E-state index contributed by atoms with van der Waals surface area (Å²) < 4.78 is 0. The highest BCUT2D eigenvalue weighted by molar-refractivity contribution is 5.78. The van der Waals surface area contributed by atoms with E-state index in [1.54, 1.807) is 0 Å². The van der Waals surface area contributed by atoms with Crippen LogP contribution < -0.4 is 5.32 Å². The number of nitrogens with one attached hydrogen (secondary N) is 1.